The molecule has 0 atom stereocenters. The van der Waals surface area contributed by atoms with Gasteiger partial charge in [0, 0.05) is 32.1 Å². The van der Waals surface area contributed by atoms with Crippen LogP contribution in [0.15, 0.2) is 0 Å². The molecule has 0 unspecified atom stereocenters. The molecule has 1 heterocycles. The van der Waals surface area contributed by atoms with Gasteiger partial charge in [-0.3, -0.25) is 9.69 Å². The van der Waals surface area contributed by atoms with E-state index in [4.69, 9.17) is 4.74 Å². The van der Waals surface area contributed by atoms with Gasteiger partial charge >= 0.3 is 6.09 Å². The van der Waals surface area contributed by atoms with Crippen LogP contribution >= 0.6 is 0 Å². The molecule has 0 N–H and O–H groups in total. The number of carbonyl (C=O) groups is 2. The standard InChI is InChI=1S/C16H28N2O3/c1-16(2,3)21-15(20)18-10-8-17(9-11-18)12-14(19)13-6-4-5-7-13/h13H,4-12H2,1-3H3. The van der Waals surface area contributed by atoms with Gasteiger partial charge in [0.15, 0.2) is 0 Å². The number of rotatable bonds is 3. The third-order valence-electron chi connectivity index (χ3n) is 4.21. The van der Waals surface area contributed by atoms with Gasteiger partial charge in [-0.25, -0.2) is 4.79 Å². The molecule has 0 radical (unpaired) electrons. The van der Waals surface area contributed by atoms with E-state index in [0.29, 0.717) is 25.4 Å². The normalized spacial score (nSPS) is 21.6. The molecule has 2 rings (SSSR count). The van der Waals surface area contributed by atoms with Crippen LogP contribution in [0.5, 0.6) is 0 Å². The minimum absolute atomic E-state index is 0.246. The Morgan fingerprint density at radius 1 is 1.05 bits per heavy atom. The molecular weight excluding hydrogens is 268 g/mol. The van der Waals surface area contributed by atoms with E-state index in [9.17, 15) is 9.59 Å². The second-order valence-corrected chi connectivity index (χ2v) is 7.19. The third kappa shape index (κ3) is 4.99. The van der Waals surface area contributed by atoms with Crippen LogP contribution in [0.2, 0.25) is 0 Å². The lowest BCUT2D eigenvalue weighted by molar-refractivity contribution is -0.124. The monoisotopic (exact) mass is 296 g/mol. The van der Waals surface area contributed by atoms with Crippen LogP contribution in [-0.4, -0.2) is 60.0 Å². The van der Waals surface area contributed by atoms with Crippen LogP contribution in [0, 0.1) is 5.92 Å². The summed E-state index contributed by atoms with van der Waals surface area (Å²) in [5.74, 6) is 0.673. The molecule has 1 aliphatic carbocycles. The molecule has 1 saturated carbocycles. The zero-order valence-electron chi connectivity index (χ0n) is 13.6. The van der Waals surface area contributed by atoms with Crippen molar-refractivity contribution in [2.75, 3.05) is 32.7 Å². The predicted octanol–water partition coefficient (Wildman–Crippen LogP) is 2.30. The number of hydrogen-bond acceptors (Lipinski definition) is 4. The summed E-state index contributed by atoms with van der Waals surface area (Å²) in [5.41, 5.74) is -0.452. The molecular formula is C16H28N2O3. The van der Waals surface area contributed by atoms with E-state index in [1.807, 2.05) is 20.8 Å². The highest BCUT2D eigenvalue weighted by Crippen LogP contribution is 2.25. The summed E-state index contributed by atoms with van der Waals surface area (Å²) in [4.78, 5) is 28.0. The van der Waals surface area contributed by atoms with Gasteiger partial charge in [-0.1, -0.05) is 12.8 Å². The predicted molar refractivity (Wildman–Crippen MR) is 81.2 cm³/mol. The molecule has 1 saturated heterocycles. The van der Waals surface area contributed by atoms with Crippen molar-refractivity contribution < 1.29 is 14.3 Å². The minimum atomic E-state index is -0.452. The highest BCUT2D eigenvalue weighted by molar-refractivity contribution is 5.83. The zero-order valence-corrected chi connectivity index (χ0v) is 13.6. The molecule has 21 heavy (non-hydrogen) atoms. The van der Waals surface area contributed by atoms with Crippen molar-refractivity contribution in [3.63, 3.8) is 0 Å². The largest absolute Gasteiger partial charge is 0.444 e. The van der Waals surface area contributed by atoms with E-state index < -0.39 is 5.60 Å². The number of amides is 1. The molecule has 0 aromatic rings. The third-order valence-corrected chi connectivity index (χ3v) is 4.21. The average molecular weight is 296 g/mol. The topological polar surface area (TPSA) is 49.9 Å². The number of hydrogen-bond donors (Lipinski definition) is 0. The summed E-state index contributed by atoms with van der Waals surface area (Å²) in [6.45, 7) is 8.99. The number of Topliss-reactive ketones (excluding diaryl/α,β-unsaturated/α-hetero) is 1. The Balaban J connectivity index is 1.72. The first-order valence-electron chi connectivity index (χ1n) is 8.08. The van der Waals surface area contributed by atoms with E-state index in [2.05, 4.69) is 4.90 Å². The van der Waals surface area contributed by atoms with Gasteiger partial charge < -0.3 is 9.64 Å². The summed E-state index contributed by atoms with van der Waals surface area (Å²) >= 11 is 0. The first-order chi connectivity index (χ1) is 9.85. The second-order valence-electron chi connectivity index (χ2n) is 7.19. The Hall–Kier alpha value is -1.10. The van der Waals surface area contributed by atoms with Crippen LogP contribution in [-0.2, 0) is 9.53 Å². The Morgan fingerprint density at radius 3 is 2.14 bits per heavy atom. The molecule has 5 heteroatoms. The van der Waals surface area contributed by atoms with Crippen molar-refractivity contribution in [2.45, 2.75) is 52.1 Å². The molecule has 0 spiro atoms. The molecule has 5 nitrogen and oxygen atoms in total. The van der Waals surface area contributed by atoms with E-state index in [1.165, 1.54) is 12.8 Å². The van der Waals surface area contributed by atoms with Crippen molar-refractivity contribution in [3.8, 4) is 0 Å². The maximum Gasteiger partial charge on any atom is 0.410 e. The first kappa shape index (κ1) is 16.3. The molecule has 0 aromatic carbocycles. The lowest BCUT2D eigenvalue weighted by Crippen LogP contribution is -2.51. The first-order valence-corrected chi connectivity index (χ1v) is 8.08. The fraction of sp³-hybridized carbons (Fsp3) is 0.875. The Morgan fingerprint density at radius 2 is 1.62 bits per heavy atom. The molecule has 2 aliphatic rings. The maximum absolute atomic E-state index is 12.2. The van der Waals surface area contributed by atoms with Gasteiger partial charge in [-0.05, 0) is 33.6 Å². The Bertz CT molecular complexity index is 375. The quantitative estimate of drug-likeness (QED) is 0.802. The zero-order chi connectivity index (χ0) is 15.5. The highest BCUT2D eigenvalue weighted by Gasteiger charge is 2.28. The fourth-order valence-electron chi connectivity index (χ4n) is 3.01. The smallest absolute Gasteiger partial charge is 0.410 e. The fourth-order valence-corrected chi connectivity index (χ4v) is 3.01. The van der Waals surface area contributed by atoms with Crippen LogP contribution in [0.1, 0.15) is 46.5 Å². The van der Waals surface area contributed by atoms with Crippen molar-refractivity contribution in [1.29, 1.82) is 0 Å². The summed E-state index contributed by atoms with van der Waals surface area (Å²) in [7, 11) is 0. The Kier molecular flexibility index (Phi) is 5.25. The number of carbonyl (C=O) groups excluding carboxylic acids is 2. The summed E-state index contributed by atoms with van der Waals surface area (Å²) < 4.78 is 5.38. The summed E-state index contributed by atoms with van der Waals surface area (Å²) in [5, 5.41) is 0. The van der Waals surface area contributed by atoms with Gasteiger partial charge in [-0.2, -0.15) is 0 Å². The summed E-state index contributed by atoms with van der Waals surface area (Å²) in [6.07, 6.45) is 4.28. The SMILES string of the molecule is CC(C)(C)OC(=O)N1CCN(CC(=O)C2CCCC2)CC1. The number of piperazine rings is 1. The molecule has 0 aromatic heterocycles. The van der Waals surface area contributed by atoms with Gasteiger partial charge in [0.05, 0.1) is 6.54 Å². The minimum Gasteiger partial charge on any atom is -0.444 e. The van der Waals surface area contributed by atoms with Gasteiger partial charge in [0.1, 0.15) is 11.4 Å². The van der Waals surface area contributed by atoms with Crippen LogP contribution in [0.4, 0.5) is 4.79 Å². The number of ether oxygens (including phenoxy) is 1. The van der Waals surface area contributed by atoms with Crippen molar-refractivity contribution in [3.05, 3.63) is 0 Å². The molecule has 1 aliphatic heterocycles. The van der Waals surface area contributed by atoms with E-state index in [-0.39, 0.29) is 12.0 Å². The van der Waals surface area contributed by atoms with E-state index in [0.717, 1.165) is 25.9 Å². The highest BCUT2D eigenvalue weighted by atomic mass is 16.6. The lowest BCUT2D eigenvalue weighted by Gasteiger charge is -2.35. The van der Waals surface area contributed by atoms with Gasteiger partial charge in [0.25, 0.3) is 0 Å². The van der Waals surface area contributed by atoms with Gasteiger partial charge in [-0.15, -0.1) is 0 Å². The average Bonchev–Trinajstić information content (AvgIpc) is 2.91. The molecule has 2 fully saturated rings. The van der Waals surface area contributed by atoms with Crippen molar-refractivity contribution >= 4 is 11.9 Å². The van der Waals surface area contributed by atoms with E-state index in [1.54, 1.807) is 4.90 Å². The molecule has 120 valence electrons. The van der Waals surface area contributed by atoms with Gasteiger partial charge in [0.2, 0.25) is 0 Å². The van der Waals surface area contributed by atoms with Crippen LogP contribution < -0.4 is 0 Å². The number of nitrogens with zero attached hydrogens (tertiary/aromatic N) is 2. The summed E-state index contributed by atoms with van der Waals surface area (Å²) in [6, 6.07) is 0. The van der Waals surface area contributed by atoms with E-state index >= 15 is 0 Å². The number of ketones is 1. The lowest BCUT2D eigenvalue weighted by atomic mass is 10.0. The second kappa shape index (κ2) is 6.77. The van der Waals surface area contributed by atoms with Crippen LogP contribution in [0.25, 0.3) is 0 Å². The van der Waals surface area contributed by atoms with Crippen molar-refractivity contribution in [1.82, 2.24) is 9.80 Å². The van der Waals surface area contributed by atoms with Crippen LogP contribution in [0.3, 0.4) is 0 Å². The Labute approximate surface area is 127 Å². The maximum atomic E-state index is 12.2. The molecule has 1 amide bonds. The molecule has 0 bridgehead atoms. The van der Waals surface area contributed by atoms with Crippen molar-refractivity contribution in [2.24, 2.45) is 5.92 Å².